The van der Waals surface area contributed by atoms with Crippen molar-refractivity contribution in [2.75, 3.05) is 7.11 Å². The number of thioether (sulfide) groups is 1. The van der Waals surface area contributed by atoms with E-state index in [4.69, 9.17) is 4.74 Å². The monoisotopic (exact) mass is 459 g/mol. The molecular formula is C25H25N5O2S. The van der Waals surface area contributed by atoms with Gasteiger partial charge in [-0.3, -0.25) is 14.3 Å². The average Bonchev–Trinajstić information content (AvgIpc) is 3.25. The number of nitrogens with zero attached hydrogens (tertiary/aromatic N) is 4. The molecule has 0 saturated heterocycles. The molecule has 1 unspecified atom stereocenters. The van der Waals surface area contributed by atoms with Gasteiger partial charge in [0.25, 0.3) is 0 Å². The lowest BCUT2D eigenvalue weighted by molar-refractivity contribution is -0.120. The number of pyridine rings is 1. The first-order valence-corrected chi connectivity index (χ1v) is 11.5. The van der Waals surface area contributed by atoms with E-state index in [1.807, 2.05) is 66.1 Å². The van der Waals surface area contributed by atoms with Crippen molar-refractivity contribution in [2.45, 2.75) is 30.4 Å². The van der Waals surface area contributed by atoms with E-state index in [-0.39, 0.29) is 11.2 Å². The van der Waals surface area contributed by atoms with Crippen molar-refractivity contribution in [1.29, 1.82) is 0 Å². The molecule has 7 nitrogen and oxygen atoms in total. The molecule has 1 amide bonds. The molecule has 2 aromatic heterocycles. The Morgan fingerprint density at radius 2 is 1.85 bits per heavy atom. The number of amides is 1. The van der Waals surface area contributed by atoms with Crippen LogP contribution in [-0.2, 0) is 17.9 Å². The van der Waals surface area contributed by atoms with Gasteiger partial charge in [-0.2, -0.15) is 0 Å². The van der Waals surface area contributed by atoms with Gasteiger partial charge in [0, 0.05) is 30.1 Å². The Bertz CT molecular complexity index is 1200. The number of nitrogens with one attached hydrogen (secondary N) is 1. The van der Waals surface area contributed by atoms with Crippen LogP contribution < -0.4 is 10.1 Å². The van der Waals surface area contributed by atoms with Gasteiger partial charge in [0.15, 0.2) is 11.0 Å². The molecule has 0 aliphatic carbocycles. The largest absolute Gasteiger partial charge is 0.496 e. The van der Waals surface area contributed by atoms with Crippen molar-refractivity contribution in [3.8, 4) is 17.1 Å². The molecule has 33 heavy (non-hydrogen) atoms. The second-order valence-electron chi connectivity index (χ2n) is 7.41. The number of carbonyl (C=O) groups is 1. The third-order valence-corrected chi connectivity index (χ3v) is 6.20. The van der Waals surface area contributed by atoms with Crippen LogP contribution in [0, 0.1) is 0 Å². The number of carbonyl (C=O) groups excluding carboxylic acids is 1. The zero-order chi connectivity index (χ0) is 23.0. The summed E-state index contributed by atoms with van der Waals surface area (Å²) in [4.78, 5) is 17.0. The van der Waals surface area contributed by atoms with Gasteiger partial charge < -0.3 is 10.1 Å². The lowest BCUT2D eigenvalue weighted by Crippen LogP contribution is -2.30. The molecule has 0 aliphatic heterocycles. The number of hydrogen-bond donors (Lipinski definition) is 1. The summed E-state index contributed by atoms with van der Waals surface area (Å²) in [7, 11) is 1.62. The molecule has 0 radical (unpaired) electrons. The molecule has 0 fully saturated rings. The van der Waals surface area contributed by atoms with Gasteiger partial charge in [-0.05, 0) is 30.7 Å². The highest BCUT2D eigenvalue weighted by Crippen LogP contribution is 2.28. The van der Waals surface area contributed by atoms with Crippen molar-refractivity contribution in [1.82, 2.24) is 25.1 Å². The molecule has 0 bridgehead atoms. The average molecular weight is 460 g/mol. The zero-order valence-corrected chi connectivity index (χ0v) is 19.3. The molecule has 2 aromatic carbocycles. The van der Waals surface area contributed by atoms with Crippen LogP contribution in [0.4, 0.5) is 0 Å². The van der Waals surface area contributed by atoms with E-state index in [2.05, 4.69) is 32.6 Å². The predicted octanol–water partition coefficient (Wildman–Crippen LogP) is 4.19. The number of rotatable bonds is 9. The Morgan fingerprint density at radius 1 is 1.06 bits per heavy atom. The van der Waals surface area contributed by atoms with Crippen LogP contribution in [-0.4, -0.2) is 38.0 Å². The summed E-state index contributed by atoms with van der Waals surface area (Å²) >= 11 is 1.38. The quantitative estimate of drug-likeness (QED) is 0.378. The van der Waals surface area contributed by atoms with Crippen molar-refractivity contribution in [2.24, 2.45) is 0 Å². The summed E-state index contributed by atoms with van der Waals surface area (Å²) in [5.74, 6) is 1.39. The Hall–Kier alpha value is -3.65. The first-order valence-electron chi connectivity index (χ1n) is 10.6. The van der Waals surface area contributed by atoms with Crippen LogP contribution in [0.3, 0.4) is 0 Å². The van der Waals surface area contributed by atoms with Crippen LogP contribution in [0.15, 0.2) is 84.3 Å². The van der Waals surface area contributed by atoms with E-state index in [1.54, 1.807) is 19.5 Å². The highest BCUT2D eigenvalue weighted by Gasteiger charge is 2.21. The van der Waals surface area contributed by atoms with Gasteiger partial charge >= 0.3 is 0 Å². The van der Waals surface area contributed by atoms with Crippen molar-refractivity contribution in [3.63, 3.8) is 0 Å². The summed E-state index contributed by atoms with van der Waals surface area (Å²) in [6.07, 6.45) is 3.49. The van der Waals surface area contributed by atoms with Gasteiger partial charge in [0.2, 0.25) is 5.91 Å². The molecule has 0 spiro atoms. The van der Waals surface area contributed by atoms with Crippen LogP contribution in [0.25, 0.3) is 11.4 Å². The maximum Gasteiger partial charge on any atom is 0.233 e. The minimum atomic E-state index is -0.361. The Kier molecular flexibility index (Phi) is 7.36. The van der Waals surface area contributed by atoms with Crippen molar-refractivity contribution >= 4 is 17.7 Å². The van der Waals surface area contributed by atoms with Crippen LogP contribution in [0.2, 0.25) is 0 Å². The van der Waals surface area contributed by atoms with E-state index in [0.29, 0.717) is 18.2 Å². The standard InChI is InChI=1S/C25H25N5O2S/c1-18(24(31)27-16-20-11-6-7-13-22(20)32-2)33-25-29-28-23(21-12-8-14-26-15-21)30(25)17-19-9-4-3-5-10-19/h3-15,18H,16-17H2,1-2H3,(H,27,31). The molecule has 0 aliphatic rings. The van der Waals surface area contributed by atoms with Gasteiger partial charge in [0.05, 0.1) is 18.9 Å². The number of benzene rings is 2. The lowest BCUT2D eigenvalue weighted by atomic mass is 10.2. The first kappa shape index (κ1) is 22.5. The fraction of sp³-hybridized carbons (Fsp3) is 0.200. The third kappa shape index (κ3) is 5.59. The molecule has 2 heterocycles. The summed E-state index contributed by atoms with van der Waals surface area (Å²) in [5.41, 5.74) is 2.93. The molecule has 168 valence electrons. The summed E-state index contributed by atoms with van der Waals surface area (Å²) < 4.78 is 7.40. The highest BCUT2D eigenvalue weighted by molar-refractivity contribution is 8.00. The number of aromatic nitrogens is 4. The minimum Gasteiger partial charge on any atom is -0.496 e. The van der Waals surface area contributed by atoms with Crippen LogP contribution in [0.5, 0.6) is 5.75 Å². The molecular weight excluding hydrogens is 434 g/mol. The van der Waals surface area contributed by atoms with E-state index in [9.17, 15) is 4.79 Å². The van der Waals surface area contributed by atoms with Crippen LogP contribution in [0.1, 0.15) is 18.1 Å². The molecule has 4 aromatic rings. The van der Waals surface area contributed by atoms with Crippen molar-refractivity contribution in [3.05, 3.63) is 90.3 Å². The Labute approximate surface area is 197 Å². The number of hydrogen-bond acceptors (Lipinski definition) is 6. The van der Waals surface area contributed by atoms with E-state index < -0.39 is 0 Å². The van der Waals surface area contributed by atoms with Crippen molar-refractivity contribution < 1.29 is 9.53 Å². The van der Waals surface area contributed by atoms with E-state index in [1.165, 1.54) is 11.8 Å². The highest BCUT2D eigenvalue weighted by atomic mass is 32.2. The molecule has 8 heteroatoms. The van der Waals surface area contributed by atoms with E-state index >= 15 is 0 Å². The number of para-hydroxylation sites is 1. The first-order chi connectivity index (χ1) is 16.2. The molecule has 1 atom stereocenters. The summed E-state index contributed by atoms with van der Waals surface area (Å²) in [5, 5.41) is 12.1. The second-order valence-corrected chi connectivity index (χ2v) is 8.72. The molecule has 0 saturated carbocycles. The maximum atomic E-state index is 12.8. The smallest absolute Gasteiger partial charge is 0.233 e. The van der Waals surface area contributed by atoms with Gasteiger partial charge in [-0.25, -0.2) is 0 Å². The fourth-order valence-electron chi connectivity index (χ4n) is 3.38. The SMILES string of the molecule is COc1ccccc1CNC(=O)C(C)Sc1nnc(-c2cccnc2)n1Cc1ccccc1. The summed E-state index contributed by atoms with van der Waals surface area (Å²) in [6.45, 7) is 2.86. The van der Waals surface area contributed by atoms with Crippen LogP contribution >= 0.6 is 11.8 Å². The fourth-order valence-corrected chi connectivity index (χ4v) is 4.25. The normalized spacial score (nSPS) is 11.7. The molecule has 4 rings (SSSR count). The Morgan fingerprint density at radius 3 is 2.61 bits per heavy atom. The number of ether oxygens (including phenoxy) is 1. The van der Waals surface area contributed by atoms with Gasteiger partial charge in [0.1, 0.15) is 5.75 Å². The van der Waals surface area contributed by atoms with Gasteiger partial charge in [-0.15, -0.1) is 10.2 Å². The lowest BCUT2D eigenvalue weighted by Gasteiger charge is -2.15. The Balaban J connectivity index is 1.51. The minimum absolute atomic E-state index is 0.0805. The summed E-state index contributed by atoms with van der Waals surface area (Å²) in [6, 6.07) is 21.6. The zero-order valence-electron chi connectivity index (χ0n) is 18.5. The maximum absolute atomic E-state index is 12.8. The molecule has 1 N–H and O–H groups in total. The third-order valence-electron chi connectivity index (χ3n) is 5.12. The van der Waals surface area contributed by atoms with Gasteiger partial charge in [-0.1, -0.05) is 60.3 Å². The number of methoxy groups -OCH3 is 1. The van der Waals surface area contributed by atoms with E-state index in [0.717, 1.165) is 28.3 Å². The topological polar surface area (TPSA) is 81.9 Å². The second kappa shape index (κ2) is 10.8. The predicted molar refractivity (Wildman–Crippen MR) is 129 cm³/mol.